The number of esters is 1. The normalized spacial score (nSPS) is 19.4. The van der Waals surface area contributed by atoms with Gasteiger partial charge in [-0.2, -0.15) is 0 Å². The highest BCUT2D eigenvalue weighted by molar-refractivity contribution is 5.85. The van der Waals surface area contributed by atoms with Crippen molar-refractivity contribution in [1.29, 1.82) is 0 Å². The van der Waals surface area contributed by atoms with Gasteiger partial charge in [-0.3, -0.25) is 9.59 Å². The second-order valence-corrected chi connectivity index (χ2v) is 8.85. The van der Waals surface area contributed by atoms with E-state index in [-0.39, 0.29) is 36.4 Å². The van der Waals surface area contributed by atoms with Gasteiger partial charge in [-0.05, 0) is 55.4 Å². The summed E-state index contributed by atoms with van der Waals surface area (Å²) in [7, 11) is 0. The molecule has 1 saturated heterocycles. The fourth-order valence-electron chi connectivity index (χ4n) is 5.08. The first kappa shape index (κ1) is 24.9. The Morgan fingerprint density at radius 2 is 1.79 bits per heavy atom. The van der Waals surface area contributed by atoms with E-state index in [1.165, 1.54) is 12.1 Å². The average Bonchev–Trinajstić information content (AvgIpc) is 3.29. The molecule has 3 rings (SSSR count). The first-order valence-electron chi connectivity index (χ1n) is 11.9. The minimum atomic E-state index is -0.861. The van der Waals surface area contributed by atoms with E-state index in [1.807, 2.05) is 57.2 Å². The molecule has 0 bridgehead atoms. The Bertz CT molecular complexity index is 945. The van der Waals surface area contributed by atoms with Gasteiger partial charge in [-0.25, -0.2) is 4.39 Å². The topological polar surface area (TPSA) is 72.6 Å². The highest BCUT2D eigenvalue weighted by atomic mass is 19.1. The Hall–Kier alpha value is -2.73. The predicted molar refractivity (Wildman–Crippen MR) is 127 cm³/mol. The molecule has 1 amide bonds. The SMILES string of the molecule is CC[C@@H](N)C(=O)N1[C@H](c2cccc(F)c2)CC[C@@H]1C(CC)(CC)C(=O)OCc1ccccc1. The summed E-state index contributed by atoms with van der Waals surface area (Å²) in [6.45, 7) is 5.98. The lowest BCUT2D eigenvalue weighted by molar-refractivity contribution is -0.164. The lowest BCUT2D eigenvalue weighted by Crippen LogP contribution is -2.55. The van der Waals surface area contributed by atoms with E-state index in [0.29, 0.717) is 32.1 Å². The number of benzene rings is 2. The Labute approximate surface area is 196 Å². The maximum atomic E-state index is 14.0. The average molecular weight is 455 g/mol. The molecule has 1 aliphatic rings. The van der Waals surface area contributed by atoms with Crippen LogP contribution < -0.4 is 5.73 Å². The summed E-state index contributed by atoms with van der Waals surface area (Å²) in [6.07, 6.45) is 2.82. The van der Waals surface area contributed by atoms with Crippen molar-refractivity contribution in [3.05, 3.63) is 71.5 Å². The molecule has 5 nitrogen and oxygen atoms in total. The van der Waals surface area contributed by atoms with Crippen LogP contribution >= 0.6 is 0 Å². The van der Waals surface area contributed by atoms with E-state index >= 15 is 0 Å². The van der Waals surface area contributed by atoms with E-state index in [1.54, 1.807) is 11.0 Å². The third kappa shape index (κ3) is 5.11. The van der Waals surface area contributed by atoms with Gasteiger partial charge < -0.3 is 15.4 Å². The summed E-state index contributed by atoms with van der Waals surface area (Å²) in [5, 5.41) is 0. The van der Waals surface area contributed by atoms with Gasteiger partial charge in [0.05, 0.1) is 17.5 Å². The maximum absolute atomic E-state index is 14.0. The van der Waals surface area contributed by atoms with E-state index in [2.05, 4.69) is 0 Å². The molecule has 1 fully saturated rings. The molecule has 0 radical (unpaired) electrons. The summed E-state index contributed by atoms with van der Waals surface area (Å²) in [5.41, 5.74) is 6.97. The highest BCUT2D eigenvalue weighted by Crippen LogP contribution is 2.47. The smallest absolute Gasteiger partial charge is 0.314 e. The van der Waals surface area contributed by atoms with Gasteiger partial charge in [0.1, 0.15) is 12.4 Å². The molecule has 1 aliphatic heterocycles. The van der Waals surface area contributed by atoms with Gasteiger partial charge in [-0.15, -0.1) is 0 Å². The van der Waals surface area contributed by atoms with Crippen LogP contribution in [-0.2, 0) is 20.9 Å². The van der Waals surface area contributed by atoms with Crippen LogP contribution in [0.3, 0.4) is 0 Å². The Kier molecular flexibility index (Phi) is 8.25. The minimum Gasteiger partial charge on any atom is -0.460 e. The van der Waals surface area contributed by atoms with E-state index in [4.69, 9.17) is 10.5 Å². The lowest BCUT2D eigenvalue weighted by atomic mass is 9.74. The van der Waals surface area contributed by atoms with Crippen LogP contribution in [0.4, 0.5) is 4.39 Å². The zero-order valence-electron chi connectivity index (χ0n) is 19.8. The largest absolute Gasteiger partial charge is 0.460 e. The zero-order chi connectivity index (χ0) is 24.0. The van der Waals surface area contributed by atoms with Crippen molar-refractivity contribution in [3.8, 4) is 0 Å². The molecular weight excluding hydrogens is 419 g/mol. The molecular formula is C27H35FN2O3. The summed E-state index contributed by atoms with van der Waals surface area (Å²) in [4.78, 5) is 28.8. The Morgan fingerprint density at radius 1 is 1.09 bits per heavy atom. The molecule has 2 aromatic carbocycles. The van der Waals surface area contributed by atoms with Crippen molar-refractivity contribution in [2.75, 3.05) is 0 Å². The zero-order valence-corrected chi connectivity index (χ0v) is 19.8. The number of carbonyl (C=O) groups is 2. The monoisotopic (exact) mass is 454 g/mol. The molecule has 2 N–H and O–H groups in total. The van der Waals surface area contributed by atoms with Gasteiger partial charge >= 0.3 is 5.97 Å². The molecule has 6 heteroatoms. The van der Waals surface area contributed by atoms with Crippen molar-refractivity contribution >= 4 is 11.9 Å². The highest BCUT2D eigenvalue weighted by Gasteiger charge is 2.53. The molecule has 0 aromatic heterocycles. The van der Waals surface area contributed by atoms with Gasteiger partial charge in [0.2, 0.25) is 5.91 Å². The number of likely N-dealkylation sites (tertiary alicyclic amines) is 1. The number of hydrogen-bond donors (Lipinski definition) is 1. The predicted octanol–water partition coefficient (Wildman–Crippen LogP) is 5.14. The number of amides is 1. The van der Waals surface area contributed by atoms with Crippen LogP contribution in [0.5, 0.6) is 0 Å². The van der Waals surface area contributed by atoms with Gasteiger partial charge in [0, 0.05) is 6.04 Å². The number of hydrogen-bond acceptors (Lipinski definition) is 4. The molecule has 0 aliphatic carbocycles. The molecule has 178 valence electrons. The number of nitrogens with zero attached hydrogens (tertiary/aromatic N) is 1. The van der Waals surface area contributed by atoms with Crippen LogP contribution in [0, 0.1) is 11.2 Å². The van der Waals surface area contributed by atoms with Crippen LogP contribution in [0.2, 0.25) is 0 Å². The van der Waals surface area contributed by atoms with E-state index in [0.717, 1.165) is 11.1 Å². The van der Waals surface area contributed by atoms with Crippen LogP contribution in [0.1, 0.15) is 70.0 Å². The van der Waals surface area contributed by atoms with Gasteiger partial charge in [-0.1, -0.05) is 63.2 Å². The maximum Gasteiger partial charge on any atom is 0.314 e. The van der Waals surface area contributed by atoms with Crippen molar-refractivity contribution in [1.82, 2.24) is 4.90 Å². The van der Waals surface area contributed by atoms with Crippen LogP contribution in [-0.4, -0.2) is 28.9 Å². The molecule has 1 heterocycles. The summed E-state index contributed by atoms with van der Waals surface area (Å²) >= 11 is 0. The van der Waals surface area contributed by atoms with Crippen LogP contribution in [0.25, 0.3) is 0 Å². The van der Waals surface area contributed by atoms with Gasteiger partial charge in [0.15, 0.2) is 0 Å². The molecule has 0 spiro atoms. The van der Waals surface area contributed by atoms with Crippen molar-refractivity contribution < 1.29 is 18.7 Å². The number of rotatable bonds is 9. The molecule has 2 aromatic rings. The Morgan fingerprint density at radius 3 is 2.39 bits per heavy atom. The third-order valence-electron chi connectivity index (χ3n) is 7.15. The quantitative estimate of drug-likeness (QED) is 0.532. The molecule has 0 saturated carbocycles. The van der Waals surface area contributed by atoms with Crippen LogP contribution in [0.15, 0.2) is 54.6 Å². The number of halogens is 1. The summed E-state index contributed by atoms with van der Waals surface area (Å²) in [5.74, 6) is -0.844. The second-order valence-electron chi connectivity index (χ2n) is 8.85. The fraction of sp³-hybridized carbons (Fsp3) is 0.481. The standard InChI is InChI=1S/C27H35FN2O3/c1-4-22(29)25(31)30-23(20-13-10-14-21(28)17-20)15-16-24(30)27(5-2,6-3)26(32)33-18-19-11-8-7-9-12-19/h7-14,17,22-24H,4-6,15-16,18,29H2,1-3H3/t22-,23+,24-/m1/s1. The summed E-state index contributed by atoms with van der Waals surface area (Å²) in [6, 6.07) is 14.5. The van der Waals surface area contributed by atoms with E-state index in [9.17, 15) is 14.0 Å². The van der Waals surface area contributed by atoms with Gasteiger partial charge in [0.25, 0.3) is 0 Å². The summed E-state index contributed by atoms with van der Waals surface area (Å²) < 4.78 is 19.8. The first-order chi connectivity index (χ1) is 15.9. The molecule has 0 unspecified atom stereocenters. The van der Waals surface area contributed by atoms with Crippen molar-refractivity contribution in [2.45, 2.75) is 77.6 Å². The Balaban J connectivity index is 1.95. The van der Waals surface area contributed by atoms with E-state index < -0.39 is 11.5 Å². The first-order valence-corrected chi connectivity index (χ1v) is 11.9. The third-order valence-corrected chi connectivity index (χ3v) is 7.15. The van der Waals surface area contributed by atoms with Crippen molar-refractivity contribution in [2.24, 2.45) is 11.1 Å². The second kappa shape index (κ2) is 10.9. The van der Waals surface area contributed by atoms with Crippen molar-refractivity contribution in [3.63, 3.8) is 0 Å². The number of ether oxygens (including phenoxy) is 1. The molecule has 33 heavy (non-hydrogen) atoms. The number of nitrogens with two attached hydrogens (primary N) is 1. The lowest BCUT2D eigenvalue weighted by Gasteiger charge is -2.42. The fourth-order valence-corrected chi connectivity index (χ4v) is 5.08. The minimum absolute atomic E-state index is 0.184. The molecule has 3 atom stereocenters. The number of carbonyl (C=O) groups excluding carboxylic acids is 2.